The van der Waals surface area contributed by atoms with E-state index in [-0.39, 0.29) is 31.1 Å². The molecule has 370 valence electrons. The first-order chi connectivity index (χ1) is 31.0. The largest absolute Gasteiger partial charge is 0.462 e. The van der Waals surface area contributed by atoms with Crippen LogP contribution in [0.15, 0.2) is 24.3 Å². The van der Waals surface area contributed by atoms with Crippen LogP contribution in [0.1, 0.15) is 303 Å². The highest BCUT2D eigenvalue weighted by Crippen LogP contribution is 2.16. The van der Waals surface area contributed by atoms with E-state index in [1.54, 1.807) is 0 Å². The Morgan fingerprint density at radius 1 is 0.302 bits per heavy atom. The second kappa shape index (κ2) is 52.5. The van der Waals surface area contributed by atoms with Gasteiger partial charge in [-0.2, -0.15) is 0 Å². The summed E-state index contributed by atoms with van der Waals surface area (Å²) < 4.78 is 16.8. The lowest BCUT2D eigenvalue weighted by Gasteiger charge is -2.18. The highest BCUT2D eigenvalue weighted by Gasteiger charge is 2.19. The summed E-state index contributed by atoms with van der Waals surface area (Å²) in [6.45, 7) is 6.62. The SMILES string of the molecule is CCCCCCCC/C=C\CCCCCCCC(=O)OC(COC(=O)CCCCCCCCC)COC(=O)CCCCCCCCCCCCC/C=C\CCCCCCCCCC. The lowest BCUT2D eigenvalue weighted by Crippen LogP contribution is -2.30. The van der Waals surface area contributed by atoms with E-state index in [0.717, 1.165) is 64.2 Å². The average molecular weight is 887 g/mol. The van der Waals surface area contributed by atoms with Crippen LogP contribution in [0.5, 0.6) is 0 Å². The van der Waals surface area contributed by atoms with Crippen molar-refractivity contribution in [1.29, 1.82) is 0 Å². The van der Waals surface area contributed by atoms with Gasteiger partial charge in [0.1, 0.15) is 13.2 Å². The second-order valence-corrected chi connectivity index (χ2v) is 18.8. The Morgan fingerprint density at radius 3 is 0.794 bits per heavy atom. The Kier molecular flexibility index (Phi) is 50.8. The molecule has 0 rings (SSSR count). The van der Waals surface area contributed by atoms with Crippen LogP contribution >= 0.6 is 0 Å². The van der Waals surface area contributed by atoms with Gasteiger partial charge < -0.3 is 14.2 Å². The Bertz CT molecular complexity index is 1020. The predicted molar refractivity (Wildman–Crippen MR) is 270 cm³/mol. The number of ether oxygens (including phenoxy) is 3. The number of esters is 3. The summed E-state index contributed by atoms with van der Waals surface area (Å²) in [4.78, 5) is 37.9. The first-order valence-corrected chi connectivity index (χ1v) is 27.8. The smallest absolute Gasteiger partial charge is 0.306 e. The standard InChI is InChI=1S/C57H106O6/c1-4-7-10-13-16-18-20-22-24-25-26-27-28-29-30-31-33-34-36-38-41-44-47-50-56(59)62-53-54(52-61-55(58)49-46-43-40-15-12-9-6-3)63-57(60)51-48-45-42-39-37-35-32-23-21-19-17-14-11-8-5-2/h23,25-26,32,54H,4-22,24,27-31,33-53H2,1-3H3/b26-25-,32-23-. The van der Waals surface area contributed by atoms with Crippen molar-refractivity contribution in [1.82, 2.24) is 0 Å². The Morgan fingerprint density at radius 2 is 0.524 bits per heavy atom. The fourth-order valence-corrected chi connectivity index (χ4v) is 8.20. The molecule has 0 aliphatic carbocycles. The van der Waals surface area contributed by atoms with Crippen molar-refractivity contribution in [3.8, 4) is 0 Å². The van der Waals surface area contributed by atoms with Crippen LogP contribution in [0.4, 0.5) is 0 Å². The third-order valence-corrected chi connectivity index (χ3v) is 12.4. The number of carbonyl (C=O) groups excluding carboxylic acids is 3. The van der Waals surface area contributed by atoms with Gasteiger partial charge in [-0.25, -0.2) is 0 Å². The molecule has 6 nitrogen and oxygen atoms in total. The van der Waals surface area contributed by atoms with E-state index in [9.17, 15) is 14.4 Å². The van der Waals surface area contributed by atoms with Crippen molar-refractivity contribution in [2.45, 2.75) is 309 Å². The second-order valence-electron chi connectivity index (χ2n) is 18.8. The Labute approximate surface area is 392 Å². The summed E-state index contributed by atoms with van der Waals surface area (Å²) in [5.74, 6) is -0.874. The molecule has 0 radical (unpaired) electrons. The lowest BCUT2D eigenvalue weighted by atomic mass is 10.0. The molecular weight excluding hydrogens is 781 g/mol. The zero-order valence-electron chi connectivity index (χ0n) is 42.4. The topological polar surface area (TPSA) is 78.9 Å². The zero-order valence-corrected chi connectivity index (χ0v) is 42.4. The summed E-state index contributed by atoms with van der Waals surface area (Å²) in [5, 5.41) is 0. The number of hydrogen-bond acceptors (Lipinski definition) is 6. The normalized spacial score (nSPS) is 12.1. The van der Waals surface area contributed by atoms with Crippen LogP contribution in [-0.4, -0.2) is 37.2 Å². The van der Waals surface area contributed by atoms with Gasteiger partial charge in [0.2, 0.25) is 0 Å². The molecule has 0 fully saturated rings. The fourth-order valence-electron chi connectivity index (χ4n) is 8.20. The average Bonchev–Trinajstić information content (AvgIpc) is 3.28. The van der Waals surface area contributed by atoms with Gasteiger partial charge in [0.15, 0.2) is 6.10 Å². The van der Waals surface area contributed by atoms with Crippen molar-refractivity contribution < 1.29 is 28.6 Å². The summed E-state index contributed by atoms with van der Waals surface area (Å²) >= 11 is 0. The van der Waals surface area contributed by atoms with Crippen molar-refractivity contribution >= 4 is 17.9 Å². The molecule has 0 saturated heterocycles. The molecule has 0 bridgehead atoms. The van der Waals surface area contributed by atoms with E-state index < -0.39 is 6.10 Å². The van der Waals surface area contributed by atoms with Crippen LogP contribution in [0, 0.1) is 0 Å². The molecule has 0 aromatic carbocycles. The highest BCUT2D eigenvalue weighted by molar-refractivity contribution is 5.71. The van der Waals surface area contributed by atoms with E-state index in [2.05, 4.69) is 45.1 Å². The number of allylic oxidation sites excluding steroid dienone is 4. The molecule has 0 aromatic rings. The number of unbranched alkanes of at least 4 members (excludes halogenated alkanes) is 36. The third-order valence-electron chi connectivity index (χ3n) is 12.4. The molecular formula is C57H106O6. The molecule has 1 atom stereocenters. The molecule has 0 amide bonds. The number of rotatable bonds is 51. The first-order valence-electron chi connectivity index (χ1n) is 27.8. The van der Waals surface area contributed by atoms with E-state index in [0.29, 0.717) is 19.3 Å². The summed E-state index contributed by atoms with van der Waals surface area (Å²) in [7, 11) is 0. The van der Waals surface area contributed by atoms with Gasteiger partial charge in [0, 0.05) is 19.3 Å². The van der Waals surface area contributed by atoms with Crippen LogP contribution in [0.3, 0.4) is 0 Å². The molecule has 0 spiro atoms. The van der Waals surface area contributed by atoms with Gasteiger partial charge in [0.05, 0.1) is 0 Å². The van der Waals surface area contributed by atoms with Crippen molar-refractivity contribution in [3.05, 3.63) is 24.3 Å². The molecule has 0 aromatic heterocycles. The first kappa shape index (κ1) is 60.9. The lowest BCUT2D eigenvalue weighted by molar-refractivity contribution is -0.167. The van der Waals surface area contributed by atoms with Crippen molar-refractivity contribution in [2.24, 2.45) is 0 Å². The van der Waals surface area contributed by atoms with Crippen LogP contribution in [-0.2, 0) is 28.6 Å². The maximum atomic E-state index is 12.8. The summed E-state index contributed by atoms with van der Waals surface area (Å²) in [5.41, 5.74) is 0. The van der Waals surface area contributed by atoms with E-state index in [1.807, 2.05) is 0 Å². The third kappa shape index (κ3) is 50.7. The minimum absolute atomic E-state index is 0.0717. The molecule has 0 aliphatic heterocycles. The van der Waals surface area contributed by atoms with E-state index in [4.69, 9.17) is 14.2 Å². The molecule has 0 heterocycles. The number of hydrogen-bond donors (Lipinski definition) is 0. The van der Waals surface area contributed by atoms with Crippen LogP contribution in [0.25, 0.3) is 0 Å². The maximum Gasteiger partial charge on any atom is 0.306 e. The van der Waals surface area contributed by atoms with E-state index >= 15 is 0 Å². The van der Waals surface area contributed by atoms with Crippen LogP contribution in [0.2, 0.25) is 0 Å². The summed E-state index contributed by atoms with van der Waals surface area (Å²) in [6, 6.07) is 0. The fraction of sp³-hybridized carbons (Fsp3) is 0.877. The van der Waals surface area contributed by atoms with Gasteiger partial charge in [-0.1, -0.05) is 238 Å². The Hall–Kier alpha value is -2.11. The molecule has 0 saturated carbocycles. The van der Waals surface area contributed by atoms with Gasteiger partial charge in [-0.3, -0.25) is 14.4 Å². The molecule has 0 N–H and O–H groups in total. The van der Waals surface area contributed by atoms with E-state index in [1.165, 1.54) is 199 Å². The van der Waals surface area contributed by atoms with Gasteiger partial charge in [-0.15, -0.1) is 0 Å². The predicted octanol–water partition coefficient (Wildman–Crippen LogP) is 18.3. The number of carbonyl (C=O) groups is 3. The van der Waals surface area contributed by atoms with Gasteiger partial charge in [0.25, 0.3) is 0 Å². The Balaban J connectivity index is 4.14. The highest BCUT2D eigenvalue weighted by atomic mass is 16.6. The molecule has 1 unspecified atom stereocenters. The van der Waals surface area contributed by atoms with Gasteiger partial charge >= 0.3 is 17.9 Å². The zero-order chi connectivity index (χ0) is 45.8. The minimum atomic E-state index is -0.770. The summed E-state index contributed by atoms with van der Waals surface area (Å²) in [6.07, 6.45) is 60.5. The minimum Gasteiger partial charge on any atom is -0.462 e. The van der Waals surface area contributed by atoms with Gasteiger partial charge in [-0.05, 0) is 70.6 Å². The molecule has 6 heteroatoms. The van der Waals surface area contributed by atoms with Crippen molar-refractivity contribution in [2.75, 3.05) is 13.2 Å². The molecule has 63 heavy (non-hydrogen) atoms. The monoisotopic (exact) mass is 887 g/mol. The van der Waals surface area contributed by atoms with Crippen LogP contribution < -0.4 is 0 Å². The molecule has 0 aliphatic rings. The van der Waals surface area contributed by atoms with Crippen molar-refractivity contribution in [3.63, 3.8) is 0 Å². The quantitative estimate of drug-likeness (QED) is 0.0262. The maximum absolute atomic E-state index is 12.8.